The second kappa shape index (κ2) is 4.96. The van der Waals surface area contributed by atoms with E-state index in [1.54, 1.807) is 0 Å². The summed E-state index contributed by atoms with van der Waals surface area (Å²) in [5.41, 5.74) is -0.277. The number of carboxylic acids is 1. The van der Waals surface area contributed by atoms with E-state index in [0.717, 1.165) is 0 Å². The Morgan fingerprint density at radius 3 is 2.81 bits per heavy atom. The van der Waals surface area contributed by atoms with Gasteiger partial charge in [0.2, 0.25) is 0 Å². The number of ether oxygens (including phenoxy) is 1. The second-order valence-electron chi connectivity index (χ2n) is 2.79. The van der Waals surface area contributed by atoms with E-state index in [9.17, 15) is 14.7 Å². The maximum absolute atomic E-state index is 11.4. The zero-order valence-corrected chi connectivity index (χ0v) is 8.43. The zero-order chi connectivity index (χ0) is 12.1. The van der Waals surface area contributed by atoms with Gasteiger partial charge in [0.1, 0.15) is 6.54 Å². The monoisotopic (exact) mass is 226 g/mol. The number of methoxy groups -OCH3 is 1. The fraction of sp³-hybridized carbons (Fsp3) is 0.222. The highest BCUT2D eigenvalue weighted by molar-refractivity contribution is 5.96. The van der Waals surface area contributed by atoms with Crippen molar-refractivity contribution in [2.75, 3.05) is 13.7 Å². The summed E-state index contributed by atoms with van der Waals surface area (Å²) in [6.45, 7) is -0.544. The van der Waals surface area contributed by atoms with Gasteiger partial charge in [-0.3, -0.25) is 9.59 Å². The molecule has 0 aliphatic heterocycles. The molecule has 3 N–H and O–H groups in total. The smallest absolute Gasteiger partial charge is 0.322 e. The van der Waals surface area contributed by atoms with Crippen LogP contribution >= 0.6 is 0 Å². The van der Waals surface area contributed by atoms with Crippen LogP contribution in [0.1, 0.15) is 10.5 Å². The summed E-state index contributed by atoms with van der Waals surface area (Å²) in [5.74, 6) is -2.29. The van der Waals surface area contributed by atoms with Crippen LogP contribution in [0.15, 0.2) is 12.3 Å². The minimum atomic E-state index is -1.18. The lowest BCUT2D eigenvalue weighted by atomic mass is 10.3. The highest BCUT2D eigenvalue weighted by atomic mass is 16.5. The van der Waals surface area contributed by atoms with Crippen LogP contribution in [0.2, 0.25) is 0 Å². The summed E-state index contributed by atoms with van der Waals surface area (Å²) in [4.78, 5) is 25.2. The van der Waals surface area contributed by atoms with E-state index in [2.05, 4.69) is 10.3 Å². The zero-order valence-electron chi connectivity index (χ0n) is 8.43. The SMILES string of the molecule is COc1ccnc(C(=O)NCC(=O)O)c1O. The number of hydrogen-bond acceptors (Lipinski definition) is 5. The van der Waals surface area contributed by atoms with Crippen molar-refractivity contribution in [2.45, 2.75) is 0 Å². The normalized spacial score (nSPS) is 9.56. The summed E-state index contributed by atoms with van der Waals surface area (Å²) in [5, 5.41) is 20.0. The van der Waals surface area contributed by atoms with Crippen molar-refractivity contribution in [3.05, 3.63) is 18.0 Å². The largest absolute Gasteiger partial charge is 0.503 e. The third-order valence-electron chi connectivity index (χ3n) is 1.72. The average Bonchev–Trinajstić information content (AvgIpc) is 2.26. The fourth-order valence-electron chi connectivity index (χ4n) is 1.01. The van der Waals surface area contributed by atoms with Gasteiger partial charge < -0.3 is 20.3 Å². The van der Waals surface area contributed by atoms with Crippen LogP contribution in [-0.2, 0) is 4.79 Å². The van der Waals surface area contributed by atoms with E-state index < -0.39 is 24.2 Å². The molecule has 0 spiro atoms. The van der Waals surface area contributed by atoms with Crippen LogP contribution in [0.5, 0.6) is 11.5 Å². The quantitative estimate of drug-likeness (QED) is 0.645. The molecule has 0 atom stereocenters. The molecule has 0 aliphatic carbocycles. The number of nitrogens with one attached hydrogen (secondary N) is 1. The van der Waals surface area contributed by atoms with E-state index in [1.165, 1.54) is 19.4 Å². The van der Waals surface area contributed by atoms with Crippen molar-refractivity contribution < 1.29 is 24.5 Å². The van der Waals surface area contributed by atoms with E-state index in [1.807, 2.05) is 0 Å². The van der Waals surface area contributed by atoms with Gasteiger partial charge in [0, 0.05) is 12.3 Å². The summed E-state index contributed by atoms with van der Waals surface area (Å²) >= 11 is 0. The summed E-state index contributed by atoms with van der Waals surface area (Å²) in [6, 6.07) is 1.38. The first kappa shape index (κ1) is 11.8. The molecule has 1 amide bonds. The summed E-state index contributed by atoms with van der Waals surface area (Å²) < 4.78 is 4.78. The van der Waals surface area contributed by atoms with Crippen molar-refractivity contribution in [1.82, 2.24) is 10.3 Å². The third kappa shape index (κ3) is 2.59. The maximum Gasteiger partial charge on any atom is 0.322 e. The number of carbonyl (C=O) groups is 2. The molecule has 86 valence electrons. The molecular weight excluding hydrogens is 216 g/mol. The van der Waals surface area contributed by atoms with Crippen molar-refractivity contribution in [2.24, 2.45) is 0 Å². The molecule has 1 aromatic rings. The number of aromatic nitrogens is 1. The number of aromatic hydroxyl groups is 1. The minimum absolute atomic E-state index is 0.0930. The Morgan fingerprint density at radius 1 is 1.56 bits per heavy atom. The van der Waals surface area contributed by atoms with Gasteiger partial charge in [-0.15, -0.1) is 0 Å². The molecule has 7 nitrogen and oxygen atoms in total. The Balaban J connectivity index is 2.87. The lowest BCUT2D eigenvalue weighted by Crippen LogP contribution is -2.29. The molecule has 1 aromatic heterocycles. The number of rotatable bonds is 4. The van der Waals surface area contributed by atoms with Gasteiger partial charge in [-0.25, -0.2) is 4.98 Å². The fourth-order valence-corrected chi connectivity index (χ4v) is 1.01. The summed E-state index contributed by atoms with van der Waals surface area (Å²) in [6.07, 6.45) is 1.27. The highest BCUT2D eigenvalue weighted by Gasteiger charge is 2.16. The lowest BCUT2D eigenvalue weighted by Gasteiger charge is -2.07. The van der Waals surface area contributed by atoms with Crippen molar-refractivity contribution in [1.29, 1.82) is 0 Å². The molecule has 7 heteroatoms. The molecule has 0 fully saturated rings. The molecule has 0 radical (unpaired) electrons. The molecule has 16 heavy (non-hydrogen) atoms. The number of carbonyl (C=O) groups excluding carboxylic acids is 1. The topological polar surface area (TPSA) is 109 Å². The van der Waals surface area contributed by atoms with Gasteiger partial charge in [-0.05, 0) is 0 Å². The van der Waals surface area contributed by atoms with Crippen LogP contribution in [0.4, 0.5) is 0 Å². The van der Waals surface area contributed by atoms with Crippen LogP contribution in [-0.4, -0.2) is 40.7 Å². The summed E-state index contributed by atoms with van der Waals surface area (Å²) in [7, 11) is 1.33. The van der Waals surface area contributed by atoms with E-state index in [4.69, 9.17) is 9.84 Å². The van der Waals surface area contributed by atoms with Gasteiger partial charge in [0.05, 0.1) is 7.11 Å². The van der Waals surface area contributed by atoms with Gasteiger partial charge >= 0.3 is 5.97 Å². The Labute approximate surface area is 90.7 Å². The Morgan fingerprint density at radius 2 is 2.25 bits per heavy atom. The van der Waals surface area contributed by atoms with Gasteiger partial charge in [0.15, 0.2) is 17.2 Å². The van der Waals surface area contributed by atoms with Gasteiger partial charge in [-0.1, -0.05) is 0 Å². The minimum Gasteiger partial charge on any atom is -0.503 e. The second-order valence-corrected chi connectivity index (χ2v) is 2.79. The predicted molar refractivity (Wildman–Crippen MR) is 52.4 cm³/mol. The first-order valence-electron chi connectivity index (χ1n) is 4.28. The van der Waals surface area contributed by atoms with Crippen molar-refractivity contribution in [3.63, 3.8) is 0 Å². The standard InChI is InChI=1S/C9H10N2O5/c1-16-5-2-3-10-7(8(5)14)9(15)11-4-6(12)13/h2-3,14H,4H2,1H3,(H,11,15)(H,12,13). The van der Waals surface area contributed by atoms with Crippen LogP contribution in [0, 0.1) is 0 Å². The number of amides is 1. The lowest BCUT2D eigenvalue weighted by molar-refractivity contribution is -0.135. The van der Waals surface area contributed by atoms with E-state index in [0.29, 0.717) is 0 Å². The number of aliphatic carboxylic acids is 1. The Kier molecular flexibility index (Phi) is 3.65. The molecule has 0 saturated heterocycles. The number of pyridine rings is 1. The first-order valence-corrected chi connectivity index (χ1v) is 4.28. The molecular formula is C9H10N2O5. The highest BCUT2D eigenvalue weighted by Crippen LogP contribution is 2.27. The van der Waals surface area contributed by atoms with Crippen molar-refractivity contribution >= 4 is 11.9 Å². The molecule has 0 saturated carbocycles. The van der Waals surface area contributed by atoms with Crippen LogP contribution < -0.4 is 10.1 Å². The predicted octanol–water partition coefficient (Wildman–Crippen LogP) is -0.390. The van der Waals surface area contributed by atoms with E-state index >= 15 is 0 Å². The van der Waals surface area contributed by atoms with Crippen molar-refractivity contribution in [3.8, 4) is 11.5 Å². The number of carboxylic acid groups (broad SMARTS) is 1. The number of hydrogen-bond donors (Lipinski definition) is 3. The first-order chi connectivity index (χ1) is 7.56. The number of nitrogens with zero attached hydrogens (tertiary/aromatic N) is 1. The molecule has 1 heterocycles. The average molecular weight is 226 g/mol. The maximum atomic E-state index is 11.4. The third-order valence-corrected chi connectivity index (χ3v) is 1.72. The van der Waals surface area contributed by atoms with E-state index in [-0.39, 0.29) is 11.4 Å². The molecule has 0 aromatic carbocycles. The Hall–Kier alpha value is -2.31. The molecule has 0 bridgehead atoms. The van der Waals surface area contributed by atoms with Crippen LogP contribution in [0.25, 0.3) is 0 Å². The molecule has 0 aliphatic rings. The van der Waals surface area contributed by atoms with Crippen LogP contribution in [0.3, 0.4) is 0 Å². The molecule has 1 rings (SSSR count). The molecule has 0 unspecified atom stereocenters. The van der Waals surface area contributed by atoms with Gasteiger partial charge in [0.25, 0.3) is 5.91 Å². The Bertz CT molecular complexity index is 418. The van der Waals surface area contributed by atoms with Gasteiger partial charge in [-0.2, -0.15) is 0 Å².